The molecule has 1 aromatic heterocycles. The fourth-order valence-corrected chi connectivity index (χ4v) is 2.77. The molecule has 29 heavy (non-hydrogen) atoms. The predicted molar refractivity (Wildman–Crippen MR) is 113 cm³/mol. The molecule has 0 aliphatic heterocycles. The number of pyridine rings is 1. The average molecular weight is 391 g/mol. The minimum absolute atomic E-state index is 0.188. The molecule has 1 N–H and O–H groups in total. The van der Waals surface area contributed by atoms with Crippen molar-refractivity contribution in [1.82, 2.24) is 9.88 Å². The van der Waals surface area contributed by atoms with Crippen LogP contribution in [0.5, 0.6) is 5.75 Å². The number of ether oxygens (including phenoxy) is 2. The Labute approximate surface area is 171 Å². The Morgan fingerprint density at radius 1 is 1.00 bits per heavy atom. The van der Waals surface area contributed by atoms with Crippen LogP contribution in [0.4, 0.5) is 10.5 Å². The Kier molecular flexibility index (Phi) is 7.19. The smallest absolute Gasteiger partial charge is 0.321 e. The van der Waals surface area contributed by atoms with E-state index in [1.807, 2.05) is 66.7 Å². The lowest BCUT2D eigenvalue weighted by Crippen LogP contribution is -2.31. The van der Waals surface area contributed by atoms with Gasteiger partial charge in [0.1, 0.15) is 5.75 Å². The lowest BCUT2D eigenvalue weighted by atomic mass is 10.2. The third-order valence-corrected chi connectivity index (χ3v) is 4.35. The highest BCUT2D eigenvalue weighted by molar-refractivity contribution is 5.89. The SMILES string of the molecule is COc1ccc(COCc2cccc(NC(=O)N(C)Cc3ccccn3)c2)cc1. The monoisotopic (exact) mass is 391 g/mol. The molecule has 6 heteroatoms. The molecule has 6 nitrogen and oxygen atoms in total. The fourth-order valence-electron chi connectivity index (χ4n) is 2.77. The molecule has 0 radical (unpaired) electrons. The van der Waals surface area contributed by atoms with Crippen molar-refractivity contribution >= 4 is 11.7 Å². The van der Waals surface area contributed by atoms with Gasteiger partial charge in [-0.1, -0.05) is 30.3 Å². The van der Waals surface area contributed by atoms with Gasteiger partial charge >= 0.3 is 6.03 Å². The summed E-state index contributed by atoms with van der Waals surface area (Å²) in [6, 6.07) is 20.9. The Bertz CT molecular complexity index is 914. The van der Waals surface area contributed by atoms with E-state index in [0.717, 1.165) is 28.3 Å². The van der Waals surface area contributed by atoms with E-state index >= 15 is 0 Å². The zero-order valence-electron chi connectivity index (χ0n) is 16.7. The second-order valence-electron chi connectivity index (χ2n) is 6.65. The molecule has 0 unspecified atom stereocenters. The van der Waals surface area contributed by atoms with E-state index in [-0.39, 0.29) is 6.03 Å². The molecule has 150 valence electrons. The van der Waals surface area contributed by atoms with Gasteiger partial charge in [-0.3, -0.25) is 4.98 Å². The van der Waals surface area contributed by atoms with E-state index < -0.39 is 0 Å². The first-order valence-electron chi connectivity index (χ1n) is 9.35. The molecule has 0 fully saturated rings. The Hall–Kier alpha value is -3.38. The first kappa shape index (κ1) is 20.4. The first-order valence-corrected chi connectivity index (χ1v) is 9.35. The Morgan fingerprint density at radius 3 is 2.52 bits per heavy atom. The van der Waals surface area contributed by atoms with Crippen molar-refractivity contribution in [1.29, 1.82) is 0 Å². The average Bonchev–Trinajstić information content (AvgIpc) is 2.75. The number of aromatic nitrogens is 1. The number of nitrogens with one attached hydrogen (secondary N) is 1. The van der Waals surface area contributed by atoms with Crippen LogP contribution >= 0.6 is 0 Å². The summed E-state index contributed by atoms with van der Waals surface area (Å²) in [7, 11) is 3.39. The molecule has 2 amide bonds. The number of nitrogens with zero attached hydrogens (tertiary/aromatic N) is 2. The van der Waals surface area contributed by atoms with Gasteiger partial charge in [0.2, 0.25) is 0 Å². The van der Waals surface area contributed by atoms with Crippen LogP contribution in [0.1, 0.15) is 16.8 Å². The third kappa shape index (κ3) is 6.33. The maximum Gasteiger partial charge on any atom is 0.321 e. The van der Waals surface area contributed by atoms with Crippen molar-refractivity contribution in [3.05, 3.63) is 89.7 Å². The molecule has 3 aromatic rings. The van der Waals surface area contributed by atoms with Crippen molar-refractivity contribution < 1.29 is 14.3 Å². The maximum absolute atomic E-state index is 12.4. The molecule has 0 aliphatic carbocycles. The summed E-state index contributed by atoms with van der Waals surface area (Å²) >= 11 is 0. The number of hydrogen-bond donors (Lipinski definition) is 1. The van der Waals surface area contributed by atoms with Crippen LogP contribution in [0.3, 0.4) is 0 Å². The summed E-state index contributed by atoms with van der Waals surface area (Å²) in [4.78, 5) is 18.3. The van der Waals surface area contributed by atoms with Crippen LogP contribution in [0.25, 0.3) is 0 Å². The summed E-state index contributed by atoms with van der Waals surface area (Å²) in [5.41, 5.74) is 3.63. The number of amides is 2. The molecule has 0 saturated carbocycles. The van der Waals surface area contributed by atoms with Crippen molar-refractivity contribution in [2.45, 2.75) is 19.8 Å². The maximum atomic E-state index is 12.4. The topological polar surface area (TPSA) is 63.7 Å². The second-order valence-corrected chi connectivity index (χ2v) is 6.65. The highest BCUT2D eigenvalue weighted by atomic mass is 16.5. The quantitative estimate of drug-likeness (QED) is 0.615. The van der Waals surface area contributed by atoms with Gasteiger partial charge in [0.15, 0.2) is 0 Å². The number of anilines is 1. The molecule has 2 aromatic carbocycles. The van der Waals surface area contributed by atoms with Gasteiger partial charge in [-0.25, -0.2) is 4.79 Å². The van der Waals surface area contributed by atoms with Gasteiger partial charge in [-0.15, -0.1) is 0 Å². The summed E-state index contributed by atoms with van der Waals surface area (Å²) in [6.45, 7) is 1.41. The Morgan fingerprint density at radius 2 is 1.79 bits per heavy atom. The second kappa shape index (κ2) is 10.2. The van der Waals surface area contributed by atoms with E-state index in [0.29, 0.717) is 19.8 Å². The predicted octanol–water partition coefficient (Wildman–Crippen LogP) is 4.47. The van der Waals surface area contributed by atoms with Crippen molar-refractivity contribution in [3.63, 3.8) is 0 Å². The lowest BCUT2D eigenvalue weighted by Gasteiger charge is -2.18. The molecule has 0 spiro atoms. The number of benzene rings is 2. The number of hydrogen-bond acceptors (Lipinski definition) is 4. The molecule has 0 bridgehead atoms. The molecule has 1 heterocycles. The third-order valence-electron chi connectivity index (χ3n) is 4.35. The minimum atomic E-state index is -0.188. The molecule has 0 atom stereocenters. The van der Waals surface area contributed by atoms with Gasteiger partial charge in [0.05, 0.1) is 32.6 Å². The Balaban J connectivity index is 1.49. The van der Waals surface area contributed by atoms with Crippen LogP contribution in [-0.4, -0.2) is 30.1 Å². The van der Waals surface area contributed by atoms with E-state index in [1.54, 1.807) is 25.3 Å². The zero-order chi connectivity index (χ0) is 20.5. The van der Waals surface area contributed by atoms with Gasteiger partial charge in [0, 0.05) is 18.9 Å². The van der Waals surface area contributed by atoms with Gasteiger partial charge in [-0.2, -0.15) is 0 Å². The van der Waals surface area contributed by atoms with Crippen LogP contribution in [0.2, 0.25) is 0 Å². The summed E-state index contributed by atoms with van der Waals surface area (Å²) in [5.74, 6) is 0.824. The molecule has 0 aliphatic rings. The minimum Gasteiger partial charge on any atom is -0.497 e. The molecular formula is C23H25N3O3. The highest BCUT2D eigenvalue weighted by Crippen LogP contribution is 2.15. The number of urea groups is 1. The molecule has 3 rings (SSSR count). The van der Waals surface area contributed by atoms with Gasteiger partial charge < -0.3 is 19.7 Å². The van der Waals surface area contributed by atoms with Crippen molar-refractivity contribution in [2.24, 2.45) is 0 Å². The molecule has 0 saturated heterocycles. The van der Waals surface area contributed by atoms with Gasteiger partial charge in [0.25, 0.3) is 0 Å². The van der Waals surface area contributed by atoms with Crippen molar-refractivity contribution in [3.8, 4) is 5.75 Å². The van der Waals surface area contributed by atoms with Crippen molar-refractivity contribution in [2.75, 3.05) is 19.5 Å². The van der Waals surface area contributed by atoms with E-state index in [4.69, 9.17) is 9.47 Å². The highest BCUT2D eigenvalue weighted by Gasteiger charge is 2.10. The van der Waals surface area contributed by atoms with Crippen LogP contribution < -0.4 is 10.1 Å². The number of carbonyl (C=O) groups excluding carboxylic acids is 1. The largest absolute Gasteiger partial charge is 0.497 e. The number of carbonyl (C=O) groups is 1. The van der Waals surface area contributed by atoms with E-state index in [9.17, 15) is 4.79 Å². The number of methoxy groups -OCH3 is 1. The number of rotatable bonds is 8. The van der Waals surface area contributed by atoms with Crippen LogP contribution in [0.15, 0.2) is 72.9 Å². The first-order chi connectivity index (χ1) is 14.1. The van der Waals surface area contributed by atoms with E-state index in [1.165, 1.54) is 0 Å². The normalized spacial score (nSPS) is 10.4. The summed E-state index contributed by atoms with van der Waals surface area (Å²) < 4.78 is 10.9. The summed E-state index contributed by atoms with van der Waals surface area (Å²) in [6.07, 6.45) is 1.72. The van der Waals surface area contributed by atoms with Crippen LogP contribution in [0, 0.1) is 0 Å². The van der Waals surface area contributed by atoms with Gasteiger partial charge in [-0.05, 0) is 47.5 Å². The zero-order valence-corrected chi connectivity index (χ0v) is 16.7. The fraction of sp³-hybridized carbons (Fsp3) is 0.217. The van der Waals surface area contributed by atoms with Crippen LogP contribution in [-0.2, 0) is 24.5 Å². The lowest BCUT2D eigenvalue weighted by molar-refractivity contribution is 0.107. The summed E-state index contributed by atoms with van der Waals surface area (Å²) in [5, 5.41) is 2.91. The standard InChI is InChI=1S/C23H25N3O3/c1-26(15-21-7-3-4-13-24-21)23(27)25-20-8-5-6-19(14-20)17-29-16-18-9-11-22(28-2)12-10-18/h3-14H,15-17H2,1-2H3,(H,25,27). The van der Waals surface area contributed by atoms with E-state index in [2.05, 4.69) is 10.3 Å². The molecular weight excluding hydrogens is 366 g/mol.